The summed E-state index contributed by atoms with van der Waals surface area (Å²) in [4.78, 5) is 12.4. The summed E-state index contributed by atoms with van der Waals surface area (Å²) >= 11 is 0. The number of benzene rings is 2. The van der Waals surface area contributed by atoms with Crippen molar-refractivity contribution in [1.29, 1.82) is 0 Å². The van der Waals surface area contributed by atoms with Crippen LogP contribution in [0.5, 0.6) is 0 Å². The molecular formula is C17H19N3O. The first kappa shape index (κ1) is 13.6. The predicted molar refractivity (Wildman–Crippen MR) is 83.9 cm³/mol. The van der Waals surface area contributed by atoms with Gasteiger partial charge in [0.05, 0.1) is 6.04 Å². The molecule has 0 spiro atoms. The number of nitrogens with one attached hydrogen (secondary N) is 2. The largest absolute Gasteiger partial charge is 0.399 e. The van der Waals surface area contributed by atoms with Crippen LogP contribution < -0.4 is 16.4 Å². The van der Waals surface area contributed by atoms with Gasteiger partial charge in [0, 0.05) is 24.3 Å². The van der Waals surface area contributed by atoms with E-state index in [0.29, 0.717) is 11.3 Å². The molecule has 4 N–H and O–H groups in total. The van der Waals surface area contributed by atoms with Crippen LogP contribution in [0.3, 0.4) is 0 Å². The first-order chi connectivity index (χ1) is 10.1. The van der Waals surface area contributed by atoms with Crippen LogP contribution in [0.25, 0.3) is 0 Å². The lowest BCUT2D eigenvalue weighted by atomic mass is 9.94. The van der Waals surface area contributed by atoms with Gasteiger partial charge in [-0.1, -0.05) is 29.8 Å². The molecule has 2 aromatic carbocycles. The van der Waals surface area contributed by atoms with Crippen molar-refractivity contribution in [3.63, 3.8) is 0 Å². The van der Waals surface area contributed by atoms with Gasteiger partial charge in [-0.25, -0.2) is 0 Å². The molecule has 0 bridgehead atoms. The van der Waals surface area contributed by atoms with Crippen molar-refractivity contribution in [1.82, 2.24) is 10.6 Å². The molecule has 1 heterocycles. The molecule has 0 aliphatic carbocycles. The van der Waals surface area contributed by atoms with Crippen LogP contribution in [0.2, 0.25) is 0 Å². The number of anilines is 1. The van der Waals surface area contributed by atoms with Gasteiger partial charge in [0.1, 0.15) is 0 Å². The van der Waals surface area contributed by atoms with Crippen molar-refractivity contribution < 1.29 is 4.79 Å². The Hall–Kier alpha value is -2.33. The number of nitrogen functional groups attached to an aromatic ring is 1. The van der Waals surface area contributed by atoms with E-state index in [0.717, 1.165) is 13.1 Å². The van der Waals surface area contributed by atoms with Crippen molar-refractivity contribution in [2.75, 3.05) is 12.3 Å². The molecule has 1 unspecified atom stereocenters. The van der Waals surface area contributed by atoms with Gasteiger partial charge in [0.15, 0.2) is 0 Å². The third kappa shape index (κ3) is 2.90. The van der Waals surface area contributed by atoms with E-state index in [4.69, 9.17) is 5.73 Å². The molecule has 21 heavy (non-hydrogen) atoms. The summed E-state index contributed by atoms with van der Waals surface area (Å²) in [6, 6.07) is 13.4. The summed E-state index contributed by atoms with van der Waals surface area (Å²) in [5.41, 5.74) is 10.6. The SMILES string of the molecule is Cc1ccc2c(c1)C(NC(=O)c1cccc(N)c1)CNC2. The van der Waals surface area contributed by atoms with Gasteiger partial charge in [0.2, 0.25) is 0 Å². The molecule has 1 amide bonds. The van der Waals surface area contributed by atoms with Gasteiger partial charge in [-0.2, -0.15) is 0 Å². The summed E-state index contributed by atoms with van der Waals surface area (Å²) in [6.45, 7) is 3.66. The lowest BCUT2D eigenvalue weighted by Crippen LogP contribution is -2.39. The molecule has 0 radical (unpaired) electrons. The molecule has 1 aliphatic rings. The van der Waals surface area contributed by atoms with E-state index in [-0.39, 0.29) is 11.9 Å². The molecule has 0 fully saturated rings. The average Bonchev–Trinajstić information content (AvgIpc) is 2.48. The Morgan fingerprint density at radius 2 is 2.14 bits per heavy atom. The van der Waals surface area contributed by atoms with Gasteiger partial charge in [-0.3, -0.25) is 4.79 Å². The molecule has 0 saturated heterocycles. The number of fused-ring (bicyclic) bond motifs is 1. The Morgan fingerprint density at radius 3 is 2.95 bits per heavy atom. The van der Waals surface area contributed by atoms with Gasteiger partial charge in [-0.05, 0) is 36.2 Å². The van der Waals surface area contributed by atoms with E-state index in [9.17, 15) is 4.79 Å². The number of hydrogen-bond acceptors (Lipinski definition) is 3. The zero-order valence-electron chi connectivity index (χ0n) is 12.0. The maximum absolute atomic E-state index is 12.4. The molecule has 4 heteroatoms. The summed E-state index contributed by atoms with van der Waals surface area (Å²) < 4.78 is 0. The Bertz CT molecular complexity index is 681. The van der Waals surface area contributed by atoms with Crippen LogP contribution in [0, 0.1) is 6.92 Å². The maximum atomic E-state index is 12.4. The minimum absolute atomic E-state index is 0.0115. The maximum Gasteiger partial charge on any atom is 0.251 e. The number of carbonyl (C=O) groups excluding carboxylic acids is 1. The van der Waals surface area contributed by atoms with Crippen molar-refractivity contribution in [2.24, 2.45) is 0 Å². The molecule has 1 atom stereocenters. The quantitative estimate of drug-likeness (QED) is 0.739. The minimum Gasteiger partial charge on any atom is -0.399 e. The van der Waals surface area contributed by atoms with Gasteiger partial charge >= 0.3 is 0 Å². The molecule has 1 aliphatic heterocycles. The highest BCUT2D eigenvalue weighted by atomic mass is 16.1. The molecule has 0 saturated carbocycles. The zero-order chi connectivity index (χ0) is 14.8. The van der Waals surface area contributed by atoms with Crippen LogP contribution in [0.4, 0.5) is 5.69 Å². The fraction of sp³-hybridized carbons (Fsp3) is 0.235. The van der Waals surface area contributed by atoms with Crippen molar-refractivity contribution in [3.05, 3.63) is 64.7 Å². The average molecular weight is 281 g/mol. The second kappa shape index (κ2) is 5.58. The number of hydrogen-bond donors (Lipinski definition) is 3. The van der Waals surface area contributed by atoms with Gasteiger partial charge < -0.3 is 16.4 Å². The number of carbonyl (C=O) groups is 1. The third-order valence-corrected chi connectivity index (χ3v) is 3.79. The lowest BCUT2D eigenvalue weighted by Gasteiger charge is -2.27. The highest BCUT2D eigenvalue weighted by Crippen LogP contribution is 2.23. The minimum atomic E-state index is -0.0940. The number of nitrogens with two attached hydrogens (primary N) is 1. The van der Waals surface area contributed by atoms with E-state index >= 15 is 0 Å². The predicted octanol–water partition coefficient (Wildman–Crippen LogP) is 2.15. The molecule has 0 aromatic heterocycles. The summed E-state index contributed by atoms with van der Waals surface area (Å²) in [5.74, 6) is -0.0940. The molecule has 3 rings (SSSR count). The monoisotopic (exact) mass is 281 g/mol. The number of aryl methyl sites for hydroxylation is 1. The van der Waals surface area contributed by atoms with E-state index in [1.54, 1.807) is 24.3 Å². The first-order valence-electron chi connectivity index (χ1n) is 7.10. The van der Waals surface area contributed by atoms with E-state index in [1.807, 2.05) is 0 Å². The fourth-order valence-electron chi connectivity index (χ4n) is 2.71. The third-order valence-electron chi connectivity index (χ3n) is 3.79. The van der Waals surface area contributed by atoms with Crippen LogP contribution in [-0.4, -0.2) is 12.5 Å². The van der Waals surface area contributed by atoms with Crippen molar-refractivity contribution in [2.45, 2.75) is 19.5 Å². The highest BCUT2D eigenvalue weighted by molar-refractivity contribution is 5.95. The van der Waals surface area contributed by atoms with Crippen molar-refractivity contribution in [3.8, 4) is 0 Å². The van der Waals surface area contributed by atoms with Crippen molar-refractivity contribution >= 4 is 11.6 Å². The Morgan fingerprint density at radius 1 is 1.29 bits per heavy atom. The second-order valence-corrected chi connectivity index (χ2v) is 5.48. The highest BCUT2D eigenvalue weighted by Gasteiger charge is 2.22. The standard InChI is InChI=1S/C17H19N3O/c1-11-5-6-13-9-19-10-16(15(13)7-11)20-17(21)12-3-2-4-14(18)8-12/h2-8,16,19H,9-10,18H2,1H3,(H,20,21). The van der Waals surface area contributed by atoms with Crippen LogP contribution in [0.1, 0.15) is 33.1 Å². The normalized spacial score (nSPS) is 17.1. The first-order valence-corrected chi connectivity index (χ1v) is 7.10. The number of amides is 1. The Balaban J connectivity index is 1.83. The van der Waals surface area contributed by atoms with Crippen LogP contribution in [0.15, 0.2) is 42.5 Å². The van der Waals surface area contributed by atoms with E-state index in [2.05, 4.69) is 35.8 Å². The molecule has 2 aromatic rings. The summed E-state index contributed by atoms with van der Waals surface area (Å²) in [6.07, 6.45) is 0. The zero-order valence-corrected chi connectivity index (χ0v) is 12.0. The number of rotatable bonds is 2. The smallest absolute Gasteiger partial charge is 0.251 e. The van der Waals surface area contributed by atoms with Gasteiger partial charge in [-0.15, -0.1) is 0 Å². The summed E-state index contributed by atoms with van der Waals surface area (Å²) in [7, 11) is 0. The Kier molecular flexibility index (Phi) is 3.62. The molecule has 4 nitrogen and oxygen atoms in total. The van der Waals surface area contributed by atoms with E-state index in [1.165, 1.54) is 16.7 Å². The van der Waals surface area contributed by atoms with Gasteiger partial charge in [0.25, 0.3) is 5.91 Å². The molecular weight excluding hydrogens is 262 g/mol. The topological polar surface area (TPSA) is 67.2 Å². The summed E-state index contributed by atoms with van der Waals surface area (Å²) in [5, 5.41) is 6.43. The van der Waals surface area contributed by atoms with E-state index < -0.39 is 0 Å². The van der Waals surface area contributed by atoms with Crippen LogP contribution >= 0.6 is 0 Å². The Labute approximate surface area is 124 Å². The molecule has 108 valence electrons. The second-order valence-electron chi connectivity index (χ2n) is 5.48. The lowest BCUT2D eigenvalue weighted by molar-refractivity contribution is 0.0934. The van der Waals surface area contributed by atoms with Crippen LogP contribution in [-0.2, 0) is 6.54 Å². The fourth-order valence-corrected chi connectivity index (χ4v) is 2.71.